The number of carbonyl (C=O) groups is 1. The number of hydrogen-bond acceptors (Lipinski definition) is 2. The number of carbonyl (C=O) groups excluding carboxylic acids is 1. The summed E-state index contributed by atoms with van der Waals surface area (Å²) in [7, 11) is 0. The number of nitrogens with one attached hydrogen (secondary N) is 1. The number of rotatable bonds is 4. The molecule has 30 heavy (non-hydrogen) atoms. The molecule has 1 N–H and O–H groups in total. The minimum Gasteiger partial charge on any atom is -0.353 e. The summed E-state index contributed by atoms with van der Waals surface area (Å²) in [5.41, 5.74) is -0.0109. The van der Waals surface area contributed by atoms with Crippen molar-refractivity contribution in [2.75, 3.05) is 13.1 Å². The van der Waals surface area contributed by atoms with Crippen LogP contribution in [0.25, 0.3) is 0 Å². The van der Waals surface area contributed by atoms with E-state index in [4.69, 9.17) is 0 Å². The Morgan fingerprint density at radius 1 is 1.03 bits per heavy atom. The highest BCUT2D eigenvalue weighted by Crippen LogP contribution is 2.45. The van der Waals surface area contributed by atoms with Gasteiger partial charge in [0.15, 0.2) is 0 Å². The molecule has 5 atom stereocenters. The van der Waals surface area contributed by atoms with E-state index in [1.54, 1.807) is 0 Å². The fraction of sp³-hybridized carbons (Fsp3) is 0.958. The van der Waals surface area contributed by atoms with Crippen molar-refractivity contribution in [2.45, 2.75) is 97.8 Å². The second kappa shape index (κ2) is 8.99. The molecule has 2 aliphatic carbocycles. The summed E-state index contributed by atoms with van der Waals surface area (Å²) in [6.45, 7) is 12.8. The third-order valence-corrected chi connectivity index (χ3v) is 8.00. The summed E-state index contributed by atoms with van der Waals surface area (Å²) < 4.78 is 38.9. The van der Waals surface area contributed by atoms with E-state index in [1.807, 2.05) is 0 Å². The molecule has 5 unspecified atom stereocenters. The number of alkyl halides is 3. The molecule has 3 fully saturated rings. The van der Waals surface area contributed by atoms with Crippen LogP contribution in [-0.4, -0.2) is 42.2 Å². The van der Waals surface area contributed by atoms with Crippen LogP contribution in [0.4, 0.5) is 13.2 Å². The third kappa shape index (κ3) is 5.72. The fourth-order valence-electron chi connectivity index (χ4n) is 6.42. The zero-order valence-corrected chi connectivity index (χ0v) is 19.4. The maximum absolute atomic E-state index is 13.0. The van der Waals surface area contributed by atoms with Gasteiger partial charge in [0.05, 0.1) is 5.92 Å². The predicted octanol–water partition coefficient (Wildman–Crippen LogP) is 5.64. The van der Waals surface area contributed by atoms with Crippen LogP contribution in [0.1, 0.15) is 79.6 Å². The lowest BCUT2D eigenvalue weighted by Gasteiger charge is -2.45. The first kappa shape index (κ1) is 23.9. The monoisotopic (exact) mass is 430 g/mol. The van der Waals surface area contributed by atoms with Crippen LogP contribution < -0.4 is 5.32 Å². The Morgan fingerprint density at radius 3 is 2.23 bits per heavy atom. The molecule has 0 aromatic carbocycles. The van der Waals surface area contributed by atoms with Crippen molar-refractivity contribution in [2.24, 2.45) is 35.0 Å². The fourth-order valence-corrected chi connectivity index (χ4v) is 6.42. The van der Waals surface area contributed by atoms with Gasteiger partial charge in [-0.2, -0.15) is 13.2 Å². The molecule has 174 valence electrons. The summed E-state index contributed by atoms with van der Waals surface area (Å²) >= 11 is 0. The number of halogens is 3. The highest BCUT2D eigenvalue weighted by Gasteiger charge is 2.47. The van der Waals surface area contributed by atoms with Gasteiger partial charge in [-0.3, -0.25) is 9.69 Å². The molecule has 1 aliphatic heterocycles. The average Bonchev–Trinajstić information content (AvgIpc) is 2.99. The molecular weight excluding hydrogens is 389 g/mol. The molecule has 0 radical (unpaired) electrons. The summed E-state index contributed by atoms with van der Waals surface area (Å²) in [5.74, 6) is 0.901. The maximum Gasteiger partial charge on any atom is 0.391 e. The number of nitrogens with zero attached hydrogens (tertiary/aromatic N) is 1. The van der Waals surface area contributed by atoms with Gasteiger partial charge in [-0.15, -0.1) is 0 Å². The molecule has 0 aromatic heterocycles. The van der Waals surface area contributed by atoms with Crippen LogP contribution in [0.2, 0.25) is 0 Å². The first-order chi connectivity index (χ1) is 13.8. The first-order valence-corrected chi connectivity index (χ1v) is 12.0. The van der Waals surface area contributed by atoms with Crippen LogP contribution in [-0.2, 0) is 4.79 Å². The van der Waals surface area contributed by atoms with E-state index in [9.17, 15) is 18.0 Å². The van der Waals surface area contributed by atoms with Gasteiger partial charge in [0, 0.05) is 25.0 Å². The number of likely N-dealkylation sites (tertiary alicyclic amines) is 1. The van der Waals surface area contributed by atoms with Crippen molar-refractivity contribution in [1.29, 1.82) is 0 Å². The van der Waals surface area contributed by atoms with Gasteiger partial charge < -0.3 is 5.32 Å². The molecule has 3 aliphatic rings. The number of amides is 1. The molecule has 1 heterocycles. The summed E-state index contributed by atoms with van der Waals surface area (Å²) in [4.78, 5) is 15.1. The Labute approximate surface area is 180 Å². The van der Waals surface area contributed by atoms with E-state index >= 15 is 0 Å². The predicted molar refractivity (Wildman–Crippen MR) is 114 cm³/mol. The normalized spacial score (nSPS) is 38.3. The Kier molecular flexibility index (Phi) is 7.16. The quantitative estimate of drug-likeness (QED) is 0.626. The van der Waals surface area contributed by atoms with E-state index in [0.717, 1.165) is 25.9 Å². The lowest BCUT2D eigenvalue weighted by atomic mass is 9.69. The molecule has 6 heteroatoms. The Hall–Kier alpha value is -0.780. The van der Waals surface area contributed by atoms with Crippen molar-refractivity contribution in [3.05, 3.63) is 0 Å². The van der Waals surface area contributed by atoms with E-state index in [0.29, 0.717) is 61.8 Å². The largest absolute Gasteiger partial charge is 0.391 e. The minimum atomic E-state index is -4.02. The van der Waals surface area contributed by atoms with E-state index in [2.05, 4.69) is 44.8 Å². The van der Waals surface area contributed by atoms with Crippen LogP contribution >= 0.6 is 0 Å². The van der Waals surface area contributed by atoms with E-state index < -0.39 is 12.1 Å². The van der Waals surface area contributed by atoms with Crippen LogP contribution in [0.15, 0.2) is 0 Å². The van der Waals surface area contributed by atoms with Gasteiger partial charge >= 0.3 is 6.18 Å². The summed E-state index contributed by atoms with van der Waals surface area (Å²) in [5, 5.41) is 3.34. The minimum absolute atomic E-state index is 0.0109. The highest BCUT2D eigenvalue weighted by molar-refractivity contribution is 5.77. The van der Waals surface area contributed by atoms with Crippen molar-refractivity contribution in [1.82, 2.24) is 10.2 Å². The van der Waals surface area contributed by atoms with Crippen LogP contribution in [0.5, 0.6) is 0 Å². The third-order valence-electron chi connectivity index (χ3n) is 8.00. The Morgan fingerprint density at radius 2 is 1.67 bits per heavy atom. The van der Waals surface area contributed by atoms with Crippen molar-refractivity contribution in [3.63, 3.8) is 0 Å². The molecule has 3 nitrogen and oxygen atoms in total. The van der Waals surface area contributed by atoms with Crippen LogP contribution in [0.3, 0.4) is 0 Å². The molecule has 1 amide bonds. The zero-order chi connectivity index (χ0) is 22.3. The van der Waals surface area contributed by atoms with Crippen molar-refractivity contribution < 1.29 is 18.0 Å². The van der Waals surface area contributed by atoms with Gasteiger partial charge in [0.1, 0.15) is 0 Å². The Bertz CT molecular complexity index is 592. The topological polar surface area (TPSA) is 32.3 Å². The standard InChI is InChI=1S/C24H41F3N2O/c1-15-12-20-19(16(2)22(15)28-21(30)13-23(3,4)5)10-11-29(20)14-17-6-8-18(9-7-17)24(25,26)27/h15-20,22H,6-14H2,1-5H3,(H,28,30). The Balaban J connectivity index is 1.54. The molecule has 1 saturated heterocycles. The molecule has 0 aromatic rings. The number of hydrogen-bond donors (Lipinski definition) is 1. The first-order valence-electron chi connectivity index (χ1n) is 12.0. The van der Waals surface area contributed by atoms with E-state index in [-0.39, 0.29) is 17.4 Å². The van der Waals surface area contributed by atoms with Gasteiger partial charge in [0.25, 0.3) is 0 Å². The molecule has 0 spiro atoms. The smallest absolute Gasteiger partial charge is 0.353 e. The second-order valence-electron chi connectivity index (χ2n) is 11.7. The van der Waals surface area contributed by atoms with Crippen LogP contribution in [0, 0.1) is 35.0 Å². The van der Waals surface area contributed by atoms with Gasteiger partial charge in [-0.1, -0.05) is 34.6 Å². The molecule has 2 saturated carbocycles. The van der Waals surface area contributed by atoms with Crippen molar-refractivity contribution in [3.8, 4) is 0 Å². The van der Waals surface area contributed by atoms with Crippen molar-refractivity contribution >= 4 is 5.91 Å². The van der Waals surface area contributed by atoms with Gasteiger partial charge in [0.2, 0.25) is 5.91 Å². The lowest BCUT2D eigenvalue weighted by molar-refractivity contribution is -0.184. The highest BCUT2D eigenvalue weighted by atomic mass is 19.4. The maximum atomic E-state index is 13.0. The SMILES string of the molecule is CC1CC2C(CCN2CC2CCC(C(F)(F)F)CC2)C(C)C1NC(=O)CC(C)(C)C. The molecular formula is C24H41F3N2O. The van der Waals surface area contributed by atoms with Gasteiger partial charge in [-0.25, -0.2) is 0 Å². The lowest BCUT2D eigenvalue weighted by Crippen LogP contribution is -2.54. The zero-order valence-electron chi connectivity index (χ0n) is 19.4. The number of fused-ring (bicyclic) bond motifs is 1. The second-order valence-corrected chi connectivity index (χ2v) is 11.7. The average molecular weight is 431 g/mol. The molecule has 3 rings (SSSR count). The molecule has 0 bridgehead atoms. The summed E-state index contributed by atoms with van der Waals surface area (Å²) in [6.07, 6.45) is 0.739. The summed E-state index contributed by atoms with van der Waals surface area (Å²) in [6, 6.07) is 0.745. The van der Waals surface area contributed by atoms with Gasteiger partial charge in [-0.05, 0) is 74.2 Å². The van der Waals surface area contributed by atoms with E-state index in [1.165, 1.54) is 0 Å².